The maximum atomic E-state index is 13.6. The number of ether oxygens (including phenoxy) is 1. The molecular formula is C38H40N4O5S. The first-order valence-corrected chi connectivity index (χ1v) is 16.6. The van der Waals surface area contributed by atoms with Crippen LogP contribution in [0.15, 0.2) is 96.1 Å². The number of rotatable bonds is 12. The Morgan fingerprint density at radius 1 is 1.02 bits per heavy atom. The SMILES string of the molecule is CC1(CC(C)(C)C(N)=O)C=CC(OCC(=O)NC(C#Cc2cccs2)C(=O)NC2(C(N)=O)C[C@@H]2c2ccc(-c3ccccc3)cc2)=CC1. The lowest BCUT2D eigenvalue weighted by molar-refractivity contribution is -0.131. The van der Waals surface area contributed by atoms with Gasteiger partial charge in [0.1, 0.15) is 11.3 Å². The third kappa shape index (κ3) is 8.04. The Morgan fingerprint density at radius 3 is 2.33 bits per heavy atom. The van der Waals surface area contributed by atoms with Crippen molar-refractivity contribution in [3.63, 3.8) is 0 Å². The van der Waals surface area contributed by atoms with E-state index in [1.54, 1.807) is 12.1 Å². The Labute approximate surface area is 284 Å². The lowest BCUT2D eigenvalue weighted by atomic mass is 9.70. The molecule has 248 valence electrons. The van der Waals surface area contributed by atoms with Crippen LogP contribution in [-0.4, -0.2) is 41.8 Å². The van der Waals surface area contributed by atoms with Crippen molar-refractivity contribution in [1.82, 2.24) is 10.6 Å². The quantitative estimate of drug-likeness (QED) is 0.209. The predicted molar refractivity (Wildman–Crippen MR) is 186 cm³/mol. The van der Waals surface area contributed by atoms with Crippen molar-refractivity contribution >= 4 is 35.0 Å². The normalized spacial score (nSPS) is 21.9. The van der Waals surface area contributed by atoms with Crippen LogP contribution in [-0.2, 0) is 23.9 Å². The molecule has 0 radical (unpaired) electrons. The minimum atomic E-state index is -1.30. The molecule has 2 aliphatic rings. The van der Waals surface area contributed by atoms with Crippen molar-refractivity contribution < 1.29 is 23.9 Å². The lowest BCUT2D eigenvalue weighted by Crippen LogP contribution is -2.55. The molecule has 10 heteroatoms. The number of benzene rings is 2. The molecule has 4 atom stereocenters. The molecule has 0 spiro atoms. The first-order chi connectivity index (χ1) is 22.8. The summed E-state index contributed by atoms with van der Waals surface area (Å²) in [5, 5.41) is 7.32. The van der Waals surface area contributed by atoms with E-state index < -0.39 is 34.7 Å². The molecule has 3 unspecified atom stereocenters. The molecule has 3 aromatic rings. The Bertz CT molecular complexity index is 1800. The van der Waals surface area contributed by atoms with Crippen molar-refractivity contribution in [2.24, 2.45) is 22.3 Å². The van der Waals surface area contributed by atoms with Gasteiger partial charge in [-0.25, -0.2) is 0 Å². The van der Waals surface area contributed by atoms with Crippen LogP contribution in [0.4, 0.5) is 0 Å². The number of hydrogen-bond donors (Lipinski definition) is 4. The van der Waals surface area contributed by atoms with Gasteiger partial charge < -0.3 is 26.8 Å². The Hall–Kier alpha value is -5.14. The highest BCUT2D eigenvalue weighted by Gasteiger charge is 2.61. The number of carbonyl (C=O) groups excluding carboxylic acids is 4. The number of nitrogens with one attached hydrogen (secondary N) is 2. The van der Waals surface area contributed by atoms with Gasteiger partial charge in [0.2, 0.25) is 11.8 Å². The fraction of sp³-hybridized carbons (Fsp3) is 0.316. The molecule has 0 saturated heterocycles. The zero-order valence-corrected chi connectivity index (χ0v) is 28.1. The Morgan fingerprint density at radius 2 is 1.73 bits per heavy atom. The lowest BCUT2D eigenvalue weighted by Gasteiger charge is -2.34. The van der Waals surface area contributed by atoms with Gasteiger partial charge in [-0.2, -0.15) is 0 Å². The van der Waals surface area contributed by atoms with E-state index in [0.29, 0.717) is 29.9 Å². The molecule has 48 heavy (non-hydrogen) atoms. The van der Waals surface area contributed by atoms with Gasteiger partial charge in [-0.05, 0) is 65.0 Å². The Balaban J connectivity index is 1.24. The average Bonchev–Trinajstić information content (AvgIpc) is 3.55. The van der Waals surface area contributed by atoms with Crippen molar-refractivity contribution in [1.29, 1.82) is 0 Å². The first kappa shape index (κ1) is 34.2. The highest BCUT2D eigenvalue weighted by Crippen LogP contribution is 2.51. The highest BCUT2D eigenvalue weighted by atomic mass is 32.1. The van der Waals surface area contributed by atoms with Crippen molar-refractivity contribution in [2.45, 2.75) is 57.5 Å². The van der Waals surface area contributed by atoms with E-state index >= 15 is 0 Å². The van der Waals surface area contributed by atoms with Crippen LogP contribution in [0.2, 0.25) is 0 Å². The van der Waals surface area contributed by atoms with Gasteiger partial charge in [-0.15, -0.1) is 11.3 Å². The van der Waals surface area contributed by atoms with Crippen molar-refractivity contribution in [2.75, 3.05) is 6.61 Å². The van der Waals surface area contributed by atoms with Gasteiger partial charge in [0, 0.05) is 11.3 Å². The zero-order valence-electron chi connectivity index (χ0n) is 27.2. The van der Waals surface area contributed by atoms with Gasteiger partial charge >= 0.3 is 0 Å². The minimum absolute atomic E-state index is 0.296. The largest absolute Gasteiger partial charge is 0.484 e. The number of thiophene rings is 1. The maximum absolute atomic E-state index is 13.6. The summed E-state index contributed by atoms with van der Waals surface area (Å²) in [7, 11) is 0. The summed E-state index contributed by atoms with van der Waals surface area (Å²) in [5.74, 6) is 3.73. The molecule has 2 aliphatic carbocycles. The third-order valence-corrected chi connectivity index (χ3v) is 9.68. The van der Waals surface area contributed by atoms with Crippen LogP contribution in [0.3, 0.4) is 0 Å². The minimum Gasteiger partial charge on any atom is -0.484 e. The molecule has 9 nitrogen and oxygen atoms in total. The van der Waals surface area contributed by atoms with E-state index in [2.05, 4.69) is 22.5 Å². The average molecular weight is 665 g/mol. The van der Waals surface area contributed by atoms with Gasteiger partial charge in [-0.3, -0.25) is 19.2 Å². The molecule has 5 rings (SSSR count). The van der Waals surface area contributed by atoms with Crippen LogP contribution < -0.4 is 22.1 Å². The van der Waals surface area contributed by atoms with E-state index in [0.717, 1.165) is 16.7 Å². The fourth-order valence-corrected chi connectivity index (χ4v) is 6.65. The van der Waals surface area contributed by atoms with Crippen LogP contribution in [0.25, 0.3) is 11.1 Å². The zero-order chi connectivity index (χ0) is 34.5. The number of carbonyl (C=O) groups is 4. The molecule has 1 saturated carbocycles. The summed E-state index contributed by atoms with van der Waals surface area (Å²) in [5.41, 5.74) is 12.1. The maximum Gasteiger partial charge on any atom is 0.259 e. The van der Waals surface area contributed by atoms with Gasteiger partial charge in [-0.1, -0.05) is 99.4 Å². The molecule has 0 aliphatic heterocycles. The molecule has 2 aromatic carbocycles. The second kappa shape index (κ2) is 13.9. The van der Waals surface area contributed by atoms with Gasteiger partial charge in [0.25, 0.3) is 11.8 Å². The number of hydrogen-bond acceptors (Lipinski definition) is 6. The summed E-state index contributed by atoms with van der Waals surface area (Å²) >= 11 is 1.40. The number of nitrogens with two attached hydrogens (primary N) is 2. The van der Waals surface area contributed by atoms with Crippen LogP contribution in [0, 0.1) is 22.7 Å². The monoisotopic (exact) mass is 664 g/mol. The summed E-state index contributed by atoms with van der Waals surface area (Å²) in [6.45, 7) is 5.31. The van der Waals surface area contributed by atoms with E-state index in [4.69, 9.17) is 16.2 Å². The summed E-state index contributed by atoms with van der Waals surface area (Å²) in [6, 6.07) is 20.1. The third-order valence-electron chi connectivity index (χ3n) is 8.90. The Kier molecular flexibility index (Phi) is 9.92. The van der Waals surface area contributed by atoms with E-state index in [9.17, 15) is 19.2 Å². The van der Waals surface area contributed by atoms with E-state index in [1.807, 2.05) is 99.0 Å². The second-order valence-corrected chi connectivity index (χ2v) is 14.3. The molecule has 0 bridgehead atoms. The molecular weight excluding hydrogens is 625 g/mol. The topological polar surface area (TPSA) is 154 Å². The molecule has 4 amide bonds. The number of primary amides is 2. The molecule has 1 aromatic heterocycles. The van der Waals surface area contributed by atoms with Gasteiger partial charge in [0.15, 0.2) is 12.6 Å². The summed E-state index contributed by atoms with van der Waals surface area (Å²) in [6.07, 6.45) is 7.07. The summed E-state index contributed by atoms with van der Waals surface area (Å²) < 4.78 is 5.73. The van der Waals surface area contributed by atoms with Crippen LogP contribution in [0.1, 0.15) is 56.4 Å². The predicted octanol–water partition coefficient (Wildman–Crippen LogP) is 4.55. The highest BCUT2D eigenvalue weighted by molar-refractivity contribution is 7.10. The van der Waals surface area contributed by atoms with Crippen LogP contribution in [0.5, 0.6) is 0 Å². The number of allylic oxidation sites excluding steroid dienone is 3. The first-order valence-electron chi connectivity index (χ1n) is 15.7. The van der Waals surface area contributed by atoms with Gasteiger partial charge in [0.05, 0.1) is 4.88 Å². The second-order valence-electron chi connectivity index (χ2n) is 13.3. The molecule has 1 fully saturated rings. The molecule has 1 heterocycles. The van der Waals surface area contributed by atoms with E-state index in [-0.39, 0.29) is 23.8 Å². The number of amides is 4. The van der Waals surface area contributed by atoms with Crippen LogP contribution >= 0.6 is 11.3 Å². The van der Waals surface area contributed by atoms with Crippen molar-refractivity contribution in [3.8, 4) is 23.0 Å². The van der Waals surface area contributed by atoms with E-state index in [1.165, 1.54) is 11.3 Å². The van der Waals surface area contributed by atoms with Crippen molar-refractivity contribution in [3.05, 3.63) is 107 Å². The summed E-state index contributed by atoms with van der Waals surface area (Å²) in [4.78, 5) is 51.9. The smallest absolute Gasteiger partial charge is 0.259 e. The molecule has 6 N–H and O–H groups in total. The fourth-order valence-electron chi connectivity index (χ4n) is 6.07. The standard InChI is InChI=1S/C38H40N4O5S/c1-36(2,34(39)45)24-37(3)19-17-28(18-20-37)47-23-32(43)41-31(16-15-29-10-7-21-48-29)33(44)42-38(35(40)46)22-30(38)27-13-11-26(12-14-27)25-8-5-4-6-9-25/h4-14,17-19,21,30-31H,20,22-24H2,1-3H3,(H2,39,45)(H2,40,46)(H,41,43)(H,42,44)/t30-,31?,37?,38?/m1/s1.